The minimum atomic E-state index is 0.526. The van der Waals surface area contributed by atoms with Crippen LogP contribution in [0.2, 0.25) is 0 Å². The van der Waals surface area contributed by atoms with E-state index in [-0.39, 0.29) is 0 Å². The van der Waals surface area contributed by atoms with Crippen molar-refractivity contribution in [3.8, 4) is 0 Å². The van der Waals surface area contributed by atoms with Gasteiger partial charge >= 0.3 is 0 Å². The number of rotatable bonds is 5. The van der Waals surface area contributed by atoms with Crippen LogP contribution in [0.25, 0.3) is 11.0 Å². The zero-order valence-corrected chi connectivity index (χ0v) is 13.4. The van der Waals surface area contributed by atoms with E-state index in [0.29, 0.717) is 12.5 Å². The first-order valence-corrected chi connectivity index (χ1v) is 7.92. The molecule has 1 aliphatic carbocycles. The summed E-state index contributed by atoms with van der Waals surface area (Å²) in [7, 11) is 4.06. The van der Waals surface area contributed by atoms with Crippen molar-refractivity contribution in [2.75, 3.05) is 24.3 Å². The van der Waals surface area contributed by atoms with Gasteiger partial charge in [-0.3, -0.25) is 4.98 Å². The first kappa shape index (κ1) is 14.0. The fourth-order valence-corrected chi connectivity index (χ4v) is 2.63. The molecule has 0 aliphatic heterocycles. The normalized spacial score (nSPS) is 14.2. The average Bonchev–Trinajstić information content (AvgIpc) is 3.30. The van der Waals surface area contributed by atoms with E-state index in [4.69, 9.17) is 4.98 Å². The first-order valence-electron chi connectivity index (χ1n) is 7.92. The van der Waals surface area contributed by atoms with Crippen LogP contribution >= 0.6 is 0 Å². The Hall–Kier alpha value is -2.63. The second-order valence-corrected chi connectivity index (χ2v) is 6.20. The summed E-state index contributed by atoms with van der Waals surface area (Å²) >= 11 is 0. The zero-order chi connectivity index (χ0) is 15.8. The van der Waals surface area contributed by atoms with Gasteiger partial charge in [-0.2, -0.15) is 0 Å². The number of nitrogens with one attached hydrogen (secondary N) is 2. The van der Waals surface area contributed by atoms with Crippen molar-refractivity contribution in [1.82, 2.24) is 19.9 Å². The van der Waals surface area contributed by atoms with Crippen molar-refractivity contribution in [3.05, 3.63) is 42.1 Å². The van der Waals surface area contributed by atoms with Crippen LogP contribution < -0.4 is 10.2 Å². The fraction of sp³-hybridized carbons (Fsp3) is 0.353. The minimum Gasteiger partial charge on any atom is -0.378 e. The van der Waals surface area contributed by atoms with Gasteiger partial charge < -0.3 is 15.2 Å². The molecule has 1 fully saturated rings. The Labute approximate surface area is 135 Å². The highest BCUT2D eigenvalue weighted by Gasteiger charge is 2.27. The predicted molar refractivity (Wildman–Crippen MR) is 91.8 cm³/mol. The van der Waals surface area contributed by atoms with Crippen LogP contribution in [0.5, 0.6) is 0 Å². The third kappa shape index (κ3) is 2.84. The van der Waals surface area contributed by atoms with E-state index in [9.17, 15) is 0 Å². The summed E-state index contributed by atoms with van der Waals surface area (Å²) in [5.74, 6) is 2.35. The van der Waals surface area contributed by atoms with Gasteiger partial charge in [0.1, 0.15) is 17.3 Å². The van der Waals surface area contributed by atoms with Gasteiger partial charge in [-0.05, 0) is 31.0 Å². The standard InChI is InChI=1S/C17H20N6/c1-23(2)13-5-7-18-12(9-13)10-20-17-14-6-8-19-16(14)21-15(22-17)11-3-4-11/h5-9,11H,3-4,10H2,1-2H3,(H2,19,20,21,22). The summed E-state index contributed by atoms with van der Waals surface area (Å²) in [6, 6.07) is 6.10. The van der Waals surface area contributed by atoms with Crippen molar-refractivity contribution in [3.63, 3.8) is 0 Å². The van der Waals surface area contributed by atoms with Crippen LogP contribution in [0.15, 0.2) is 30.6 Å². The second kappa shape index (κ2) is 5.53. The Morgan fingerprint density at radius 1 is 1.26 bits per heavy atom. The van der Waals surface area contributed by atoms with Gasteiger partial charge in [0.15, 0.2) is 0 Å². The van der Waals surface area contributed by atoms with Crippen LogP contribution in [-0.4, -0.2) is 34.0 Å². The molecule has 118 valence electrons. The maximum absolute atomic E-state index is 4.73. The molecule has 0 amide bonds. The summed E-state index contributed by atoms with van der Waals surface area (Å²) in [4.78, 5) is 19.0. The van der Waals surface area contributed by atoms with Gasteiger partial charge in [-0.1, -0.05) is 0 Å². The third-order valence-corrected chi connectivity index (χ3v) is 4.13. The highest BCUT2D eigenvalue weighted by atomic mass is 15.1. The molecule has 1 aliphatic rings. The predicted octanol–water partition coefficient (Wildman–Crippen LogP) is 2.91. The van der Waals surface area contributed by atoms with Crippen molar-refractivity contribution in [2.24, 2.45) is 0 Å². The van der Waals surface area contributed by atoms with Crippen molar-refractivity contribution in [2.45, 2.75) is 25.3 Å². The van der Waals surface area contributed by atoms with Gasteiger partial charge in [0, 0.05) is 38.1 Å². The molecule has 6 nitrogen and oxygen atoms in total. The van der Waals surface area contributed by atoms with Crippen LogP contribution in [0, 0.1) is 0 Å². The fourth-order valence-electron chi connectivity index (χ4n) is 2.63. The number of pyridine rings is 1. The number of aromatic amines is 1. The molecule has 4 rings (SSSR count). The molecule has 3 aromatic heterocycles. The molecule has 0 radical (unpaired) electrons. The molecule has 23 heavy (non-hydrogen) atoms. The molecule has 0 saturated heterocycles. The van der Waals surface area contributed by atoms with Crippen LogP contribution in [0.1, 0.15) is 30.3 Å². The number of anilines is 2. The van der Waals surface area contributed by atoms with Crippen molar-refractivity contribution in [1.29, 1.82) is 0 Å². The lowest BCUT2D eigenvalue weighted by Gasteiger charge is -2.13. The van der Waals surface area contributed by atoms with Crippen molar-refractivity contribution < 1.29 is 0 Å². The molecule has 0 unspecified atom stereocenters. The van der Waals surface area contributed by atoms with E-state index < -0.39 is 0 Å². The monoisotopic (exact) mass is 308 g/mol. The third-order valence-electron chi connectivity index (χ3n) is 4.13. The number of fused-ring (bicyclic) bond motifs is 1. The minimum absolute atomic E-state index is 0.526. The highest BCUT2D eigenvalue weighted by molar-refractivity contribution is 5.87. The molecule has 0 spiro atoms. The topological polar surface area (TPSA) is 69.7 Å². The van der Waals surface area contributed by atoms with Gasteiger partial charge in [-0.25, -0.2) is 9.97 Å². The number of hydrogen-bond donors (Lipinski definition) is 2. The maximum Gasteiger partial charge on any atom is 0.143 e. The van der Waals surface area contributed by atoms with E-state index in [1.165, 1.54) is 12.8 Å². The molecule has 6 heteroatoms. The van der Waals surface area contributed by atoms with E-state index in [1.54, 1.807) is 0 Å². The summed E-state index contributed by atoms with van der Waals surface area (Å²) in [6.07, 6.45) is 6.14. The first-order chi connectivity index (χ1) is 11.2. The quantitative estimate of drug-likeness (QED) is 0.758. The van der Waals surface area contributed by atoms with E-state index in [1.807, 2.05) is 38.6 Å². The van der Waals surface area contributed by atoms with Gasteiger partial charge in [-0.15, -0.1) is 0 Å². The molecule has 2 N–H and O–H groups in total. The summed E-state index contributed by atoms with van der Waals surface area (Å²) in [6.45, 7) is 0.642. The number of H-pyrrole nitrogens is 1. The Kier molecular flexibility index (Phi) is 3.37. The molecule has 0 aromatic carbocycles. The molecule has 0 atom stereocenters. The molecule has 1 saturated carbocycles. The number of aromatic nitrogens is 4. The molecular weight excluding hydrogens is 288 g/mol. The van der Waals surface area contributed by atoms with Gasteiger partial charge in [0.25, 0.3) is 0 Å². The Bertz CT molecular complexity index is 834. The van der Waals surface area contributed by atoms with Crippen LogP contribution in [0.3, 0.4) is 0 Å². The lowest BCUT2D eigenvalue weighted by Crippen LogP contribution is -2.11. The molecule has 0 bridgehead atoms. The SMILES string of the molecule is CN(C)c1ccnc(CNc2nc(C3CC3)nc3[nH]ccc23)c1. The lowest BCUT2D eigenvalue weighted by molar-refractivity contribution is 0.932. The van der Waals surface area contributed by atoms with Crippen LogP contribution in [-0.2, 0) is 6.54 Å². The number of nitrogens with zero attached hydrogens (tertiary/aromatic N) is 4. The van der Waals surface area contributed by atoms with E-state index >= 15 is 0 Å². The van der Waals surface area contributed by atoms with Gasteiger partial charge in [0.05, 0.1) is 17.6 Å². The lowest BCUT2D eigenvalue weighted by atomic mass is 10.3. The smallest absolute Gasteiger partial charge is 0.143 e. The Balaban J connectivity index is 1.60. The Morgan fingerprint density at radius 3 is 2.91 bits per heavy atom. The second-order valence-electron chi connectivity index (χ2n) is 6.20. The largest absolute Gasteiger partial charge is 0.378 e. The summed E-state index contributed by atoms with van der Waals surface area (Å²) in [5, 5.41) is 4.45. The summed E-state index contributed by atoms with van der Waals surface area (Å²) < 4.78 is 0. The van der Waals surface area contributed by atoms with Crippen molar-refractivity contribution >= 4 is 22.5 Å². The highest BCUT2D eigenvalue weighted by Crippen LogP contribution is 2.39. The molecule has 3 heterocycles. The van der Waals surface area contributed by atoms with Crippen LogP contribution in [0.4, 0.5) is 11.5 Å². The summed E-state index contributed by atoms with van der Waals surface area (Å²) in [5.41, 5.74) is 3.04. The van der Waals surface area contributed by atoms with E-state index in [2.05, 4.69) is 31.2 Å². The Morgan fingerprint density at radius 2 is 2.13 bits per heavy atom. The van der Waals surface area contributed by atoms with Gasteiger partial charge in [0.2, 0.25) is 0 Å². The zero-order valence-electron chi connectivity index (χ0n) is 13.4. The maximum atomic E-state index is 4.73. The molecular formula is C17H20N6. The van der Waals surface area contributed by atoms with E-state index in [0.717, 1.165) is 34.1 Å². The average molecular weight is 308 g/mol. The number of hydrogen-bond acceptors (Lipinski definition) is 5. The molecule has 3 aromatic rings.